The molecule has 0 heterocycles. The highest BCUT2D eigenvalue weighted by Gasteiger charge is 2.38. The Labute approximate surface area is 105 Å². The van der Waals surface area contributed by atoms with E-state index in [1.54, 1.807) is 20.8 Å². The lowest BCUT2D eigenvalue weighted by atomic mass is 9.76. The summed E-state index contributed by atoms with van der Waals surface area (Å²) in [5, 5.41) is 0. The molecule has 0 bridgehead atoms. The summed E-state index contributed by atoms with van der Waals surface area (Å²) in [7, 11) is 0. The van der Waals surface area contributed by atoms with Crippen LogP contribution in [0.2, 0.25) is 0 Å². The van der Waals surface area contributed by atoms with Crippen LogP contribution < -0.4 is 4.72 Å². The number of ether oxygens (including phenoxy) is 1. The average molecular weight is 262 g/mol. The van der Waals surface area contributed by atoms with Gasteiger partial charge in [0, 0.05) is 27.8 Å². The lowest BCUT2D eigenvalue weighted by Gasteiger charge is -2.42. The SMILES string of the molecule is C=C(C)C(=O)OCC(C)(C)C(C)(C)NS(=O)[O-]. The molecule has 0 aromatic heterocycles. The summed E-state index contributed by atoms with van der Waals surface area (Å²) < 4.78 is 28.8. The van der Waals surface area contributed by atoms with Crippen molar-refractivity contribution in [3.05, 3.63) is 12.2 Å². The predicted molar refractivity (Wildman–Crippen MR) is 65.7 cm³/mol. The first-order chi connectivity index (χ1) is 7.49. The first-order valence-corrected chi connectivity index (χ1v) is 6.27. The van der Waals surface area contributed by atoms with E-state index in [9.17, 15) is 13.6 Å². The molecule has 1 unspecified atom stereocenters. The molecule has 1 atom stereocenters. The second-order valence-electron chi connectivity index (χ2n) is 5.20. The van der Waals surface area contributed by atoms with Crippen molar-refractivity contribution in [2.24, 2.45) is 5.41 Å². The molecule has 0 fully saturated rings. The van der Waals surface area contributed by atoms with E-state index in [-0.39, 0.29) is 6.61 Å². The molecule has 17 heavy (non-hydrogen) atoms. The summed E-state index contributed by atoms with van der Waals surface area (Å²) in [5.74, 6) is -0.475. The van der Waals surface area contributed by atoms with Crippen molar-refractivity contribution in [2.75, 3.05) is 6.61 Å². The van der Waals surface area contributed by atoms with E-state index in [0.29, 0.717) is 5.57 Å². The zero-order valence-electron chi connectivity index (χ0n) is 11.0. The maximum atomic E-state index is 11.3. The van der Waals surface area contributed by atoms with Gasteiger partial charge in [-0.3, -0.25) is 4.21 Å². The molecule has 5 nitrogen and oxygen atoms in total. The molecule has 100 valence electrons. The average Bonchev–Trinajstić information content (AvgIpc) is 2.11. The fourth-order valence-electron chi connectivity index (χ4n) is 0.896. The van der Waals surface area contributed by atoms with Gasteiger partial charge in [0.1, 0.15) is 0 Å². The Balaban J connectivity index is 4.61. The normalized spacial score (nSPS) is 14.2. The molecule has 6 heteroatoms. The van der Waals surface area contributed by atoms with Gasteiger partial charge in [0.2, 0.25) is 0 Å². The summed E-state index contributed by atoms with van der Waals surface area (Å²) in [6, 6.07) is 0. The van der Waals surface area contributed by atoms with Crippen LogP contribution in [0.3, 0.4) is 0 Å². The Morgan fingerprint density at radius 3 is 2.24 bits per heavy atom. The third-order valence-corrected chi connectivity index (χ3v) is 3.62. The van der Waals surface area contributed by atoms with Crippen molar-refractivity contribution in [2.45, 2.75) is 40.2 Å². The van der Waals surface area contributed by atoms with Crippen LogP contribution in [0.4, 0.5) is 0 Å². The van der Waals surface area contributed by atoms with Gasteiger partial charge < -0.3 is 9.29 Å². The number of carbonyl (C=O) groups is 1. The lowest BCUT2D eigenvalue weighted by Crippen LogP contribution is -2.54. The largest absolute Gasteiger partial charge is 0.760 e. The second kappa shape index (κ2) is 5.75. The van der Waals surface area contributed by atoms with Crippen LogP contribution in [0, 0.1) is 5.41 Å². The summed E-state index contributed by atoms with van der Waals surface area (Å²) in [6.07, 6.45) is 0. The Morgan fingerprint density at radius 2 is 1.88 bits per heavy atom. The van der Waals surface area contributed by atoms with Gasteiger partial charge in [0.15, 0.2) is 0 Å². The summed E-state index contributed by atoms with van der Waals surface area (Å²) in [6.45, 7) is 12.2. The molecule has 0 aliphatic rings. The minimum atomic E-state index is -2.36. The molecule has 0 saturated carbocycles. The van der Waals surface area contributed by atoms with Crippen molar-refractivity contribution in [3.63, 3.8) is 0 Å². The van der Waals surface area contributed by atoms with Crippen molar-refractivity contribution < 1.29 is 18.3 Å². The van der Waals surface area contributed by atoms with Gasteiger partial charge in [-0.1, -0.05) is 20.4 Å². The van der Waals surface area contributed by atoms with Crippen LogP contribution in [0.15, 0.2) is 12.2 Å². The number of hydrogen-bond acceptors (Lipinski definition) is 4. The van der Waals surface area contributed by atoms with Gasteiger partial charge in [-0.25, -0.2) is 9.52 Å². The van der Waals surface area contributed by atoms with Crippen molar-refractivity contribution >= 4 is 17.2 Å². The molecule has 0 radical (unpaired) electrons. The van der Waals surface area contributed by atoms with E-state index in [0.717, 1.165) is 0 Å². The Hall–Kier alpha value is -0.720. The Bertz CT molecular complexity index is 336. The maximum absolute atomic E-state index is 11.3. The molecule has 0 saturated heterocycles. The summed E-state index contributed by atoms with van der Waals surface area (Å²) in [4.78, 5) is 11.3. The Kier molecular flexibility index (Phi) is 5.51. The van der Waals surface area contributed by atoms with E-state index < -0.39 is 28.2 Å². The third-order valence-electron chi connectivity index (χ3n) is 2.94. The molecule has 0 aliphatic heterocycles. The predicted octanol–water partition coefficient (Wildman–Crippen LogP) is 1.29. The standard InChI is InChI=1S/C11H21NO4S/c1-8(2)9(13)16-7-10(3,4)11(5,6)12-17(14)15/h12H,1,7H2,2-6H3,(H,14,15)/p-1. The van der Waals surface area contributed by atoms with E-state index >= 15 is 0 Å². The minimum absolute atomic E-state index is 0.107. The zero-order chi connectivity index (χ0) is 13.9. The van der Waals surface area contributed by atoms with Gasteiger partial charge in [0.25, 0.3) is 0 Å². The van der Waals surface area contributed by atoms with Gasteiger partial charge >= 0.3 is 5.97 Å². The van der Waals surface area contributed by atoms with Gasteiger partial charge in [-0.15, -0.1) is 0 Å². The van der Waals surface area contributed by atoms with Gasteiger partial charge in [0.05, 0.1) is 6.61 Å². The maximum Gasteiger partial charge on any atom is 0.333 e. The smallest absolute Gasteiger partial charge is 0.333 e. The van der Waals surface area contributed by atoms with Crippen LogP contribution in [0.1, 0.15) is 34.6 Å². The lowest BCUT2D eigenvalue weighted by molar-refractivity contribution is -0.143. The van der Waals surface area contributed by atoms with Gasteiger partial charge in [-0.05, 0) is 20.8 Å². The van der Waals surface area contributed by atoms with Crippen LogP contribution in [0.25, 0.3) is 0 Å². The topological polar surface area (TPSA) is 78.5 Å². The number of hydrogen-bond donors (Lipinski definition) is 1. The molecule has 0 aromatic rings. The van der Waals surface area contributed by atoms with Gasteiger partial charge in [-0.2, -0.15) is 0 Å². The summed E-state index contributed by atoms with van der Waals surface area (Å²) >= 11 is -2.36. The minimum Gasteiger partial charge on any atom is -0.760 e. The van der Waals surface area contributed by atoms with Crippen molar-refractivity contribution in [3.8, 4) is 0 Å². The van der Waals surface area contributed by atoms with Crippen molar-refractivity contribution in [1.82, 2.24) is 4.72 Å². The fourth-order valence-corrected chi connectivity index (χ4v) is 1.59. The molecular weight excluding hydrogens is 242 g/mol. The van der Waals surface area contributed by atoms with Crippen LogP contribution in [-0.4, -0.2) is 26.9 Å². The number of nitrogens with one attached hydrogen (secondary N) is 1. The molecular formula is C11H20NO4S-. The monoisotopic (exact) mass is 262 g/mol. The van der Waals surface area contributed by atoms with Crippen molar-refractivity contribution in [1.29, 1.82) is 0 Å². The quantitative estimate of drug-likeness (QED) is 0.444. The van der Waals surface area contributed by atoms with E-state index in [1.165, 1.54) is 0 Å². The van der Waals surface area contributed by atoms with Crippen LogP contribution >= 0.6 is 0 Å². The first-order valence-electron chi connectivity index (χ1n) is 5.19. The zero-order valence-corrected chi connectivity index (χ0v) is 11.8. The second-order valence-corrected chi connectivity index (χ2v) is 5.88. The van der Waals surface area contributed by atoms with E-state index in [1.807, 2.05) is 13.8 Å². The number of esters is 1. The molecule has 1 N–H and O–H groups in total. The fraction of sp³-hybridized carbons (Fsp3) is 0.727. The highest BCUT2D eigenvalue weighted by molar-refractivity contribution is 7.77. The molecule has 0 rings (SSSR count). The number of rotatable bonds is 6. The summed E-state index contributed by atoms with van der Waals surface area (Å²) in [5.41, 5.74) is -0.952. The molecule has 0 aromatic carbocycles. The number of carbonyl (C=O) groups excluding carboxylic acids is 1. The first kappa shape index (κ1) is 16.3. The van der Waals surface area contributed by atoms with E-state index in [4.69, 9.17) is 4.74 Å². The van der Waals surface area contributed by atoms with Crippen LogP contribution in [0.5, 0.6) is 0 Å². The molecule has 0 aliphatic carbocycles. The molecule has 0 amide bonds. The highest BCUT2D eigenvalue weighted by atomic mass is 32.2. The third kappa shape index (κ3) is 4.97. The Morgan fingerprint density at radius 1 is 1.41 bits per heavy atom. The highest BCUT2D eigenvalue weighted by Crippen LogP contribution is 2.31. The molecule has 0 spiro atoms. The van der Waals surface area contributed by atoms with Crippen LogP contribution in [-0.2, 0) is 20.8 Å². The van der Waals surface area contributed by atoms with E-state index in [2.05, 4.69) is 11.3 Å².